The van der Waals surface area contributed by atoms with E-state index in [1.165, 1.54) is 0 Å². The predicted molar refractivity (Wildman–Crippen MR) is 71.2 cm³/mol. The quantitative estimate of drug-likeness (QED) is 0.903. The summed E-state index contributed by atoms with van der Waals surface area (Å²) in [6, 6.07) is 8.62. The average Bonchev–Trinajstić information content (AvgIpc) is 2.68. The number of anilines is 1. The predicted octanol–water partition coefficient (Wildman–Crippen LogP) is 1.32. The summed E-state index contributed by atoms with van der Waals surface area (Å²) >= 11 is 0. The van der Waals surface area contributed by atoms with Gasteiger partial charge in [-0.05, 0) is 30.5 Å². The van der Waals surface area contributed by atoms with Crippen molar-refractivity contribution < 1.29 is 13.2 Å². The van der Waals surface area contributed by atoms with Crippen LogP contribution in [0.2, 0.25) is 0 Å². The van der Waals surface area contributed by atoms with Gasteiger partial charge in [0, 0.05) is 12.1 Å². The van der Waals surface area contributed by atoms with Gasteiger partial charge in [-0.15, -0.1) is 0 Å². The molecule has 0 aliphatic carbocycles. The Kier molecular flexibility index (Phi) is 3.86. The standard InChI is InChI=1S/C13H14N2O3S/c14-8-10-2-1-3-12(6-10)15-13(16)7-11-4-5-19(17,18)9-11/h1-3,6,11H,4-5,7,9H2,(H,15,16)/t11-/m1/s1. The maximum atomic E-state index is 11.8. The van der Waals surface area contributed by atoms with Crippen molar-refractivity contribution in [1.29, 1.82) is 5.26 Å². The van der Waals surface area contributed by atoms with E-state index >= 15 is 0 Å². The van der Waals surface area contributed by atoms with Crippen molar-refractivity contribution in [2.45, 2.75) is 12.8 Å². The molecule has 0 radical (unpaired) electrons. The highest BCUT2D eigenvalue weighted by Crippen LogP contribution is 2.22. The summed E-state index contributed by atoms with van der Waals surface area (Å²) in [5, 5.41) is 11.4. The number of hydrogen-bond donors (Lipinski definition) is 1. The third-order valence-corrected chi connectivity index (χ3v) is 4.91. The Morgan fingerprint density at radius 2 is 2.26 bits per heavy atom. The zero-order valence-electron chi connectivity index (χ0n) is 10.3. The SMILES string of the molecule is N#Cc1cccc(NC(=O)C[C@H]2CCS(=O)(=O)C2)c1. The zero-order valence-corrected chi connectivity index (χ0v) is 11.1. The van der Waals surface area contributed by atoms with Crippen LogP contribution < -0.4 is 5.32 Å². The van der Waals surface area contributed by atoms with Crippen LogP contribution in [0.15, 0.2) is 24.3 Å². The van der Waals surface area contributed by atoms with Gasteiger partial charge < -0.3 is 5.32 Å². The summed E-state index contributed by atoms with van der Waals surface area (Å²) in [6.07, 6.45) is 0.754. The molecule has 5 nitrogen and oxygen atoms in total. The average molecular weight is 278 g/mol. The largest absolute Gasteiger partial charge is 0.326 e. The number of nitrogens with zero attached hydrogens (tertiary/aromatic N) is 1. The molecule has 0 bridgehead atoms. The van der Waals surface area contributed by atoms with Crippen molar-refractivity contribution in [1.82, 2.24) is 0 Å². The van der Waals surface area contributed by atoms with Crippen LogP contribution in [0.4, 0.5) is 5.69 Å². The summed E-state index contributed by atoms with van der Waals surface area (Å²) in [5.41, 5.74) is 1.03. The number of carbonyl (C=O) groups excluding carboxylic acids is 1. The van der Waals surface area contributed by atoms with Crippen molar-refractivity contribution in [3.63, 3.8) is 0 Å². The molecule has 1 amide bonds. The highest BCUT2D eigenvalue weighted by molar-refractivity contribution is 7.91. The highest BCUT2D eigenvalue weighted by atomic mass is 32.2. The van der Waals surface area contributed by atoms with Crippen LogP contribution in [0.3, 0.4) is 0 Å². The second-order valence-electron chi connectivity index (χ2n) is 4.71. The van der Waals surface area contributed by atoms with E-state index in [0.717, 1.165) is 0 Å². The van der Waals surface area contributed by atoms with E-state index in [-0.39, 0.29) is 29.8 Å². The van der Waals surface area contributed by atoms with E-state index in [0.29, 0.717) is 17.7 Å². The first-order chi connectivity index (χ1) is 8.98. The number of nitrogens with one attached hydrogen (secondary N) is 1. The molecule has 19 heavy (non-hydrogen) atoms. The number of benzene rings is 1. The first-order valence-corrected chi connectivity index (χ1v) is 7.81. The Morgan fingerprint density at radius 1 is 1.47 bits per heavy atom. The molecule has 0 unspecified atom stereocenters. The summed E-state index contributed by atoms with van der Waals surface area (Å²) in [4.78, 5) is 11.8. The number of rotatable bonds is 3. The molecular weight excluding hydrogens is 264 g/mol. The van der Waals surface area contributed by atoms with E-state index in [9.17, 15) is 13.2 Å². The molecule has 6 heteroatoms. The highest BCUT2D eigenvalue weighted by Gasteiger charge is 2.29. The van der Waals surface area contributed by atoms with Crippen LogP contribution in [-0.2, 0) is 14.6 Å². The molecule has 1 aliphatic heterocycles. The van der Waals surface area contributed by atoms with Crippen molar-refractivity contribution in [3.05, 3.63) is 29.8 Å². The van der Waals surface area contributed by atoms with Crippen molar-refractivity contribution in [2.24, 2.45) is 5.92 Å². The van der Waals surface area contributed by atoms with Crippen LogP contribution >= 0.6 is 0 Å². The third kappa shape index (κ3) is 3.80. The van der Waals surface area contributed by atoms with Crippen molar-refractivity contribution in [2.75, 3.05) is 16.8 Å². The molecule has 0 saturated carbocycles. The van der Waals surface area contributed by atoms with E-state index in [4.69, 9.17) is 5.26 Å². The molecule has 1 N–H and O–H groups in total. The lowest BCUT2D eigenvalue weighted by molar-refractivity contribution is -0.116. The molecule has 1 aliphatic rings. The summed E-state index contributed by atoms with van der Waals surface area (Å²) < 4.78 is 22.6. The Bertz CT molecular complexity index is 632. The third-order valence-electron chi connectivity index (χ3n) is 3.08. The number of amides is 1. The van der Waals surface area contributed by atoms with Crippen LogP contribution in [0.25, 0.3) is 0 Å². The smallest absolute Gasteiger partial charge is 0.224 e. The fourth-order valence-corrected chi connectivity index (χ4v) is 4.04. The van der Waals surface area contributed by atoms with E-state index < -0.39 is 9.84 Å². The van der Waals surface area contributed by atoms with Crippen molar-refractivity contribution >= 4 is 21.4 Å². The van der Waals surface area contributed by atoms with Gasteiger partial charge in [0.05, 0.1) is 23.1 Å². The van der Waals surface area contributed by atoms with Crippen LogP contribution in [-0.4, -0.2) is 25.8 Å². The van der Waals surface area contributed by atoms with Crippen LogP contribution in [0.1, 0.15) is 18.4 Å². The van der Waals surface area contributed by atoms with Gasteiger partial charge in [-0.1, -0.05) is 6.07 Å². The minimum Gasteiger partial charge on any atom is -0.326 e. The van der Waals surface area contributed by atoms with Crippen molar-refractivity contribution in [3.8, 4) is 6.07 Å². The molecule has 1 aromatic carbocycles. The Labute approximate surface area is 112 Å². The van der Waals surface area contributed by atoms with E-state index in [1.807, 2.05) is 6.07 Å². The monoisotopic (exact) mass is 278 g/mol. The maximum absolute atomic E-state index is 11.8. The number of carbonyl (C=O) groups is 1. The number of hydrogen-bond acceptors (Lipinski definition) is 4. The van der Waals surface area contributed by atoms with Gasteiger partial charge in [0.1, 0.15) is 0 Å². The molecule has 1 saturated heterocycles. The Morgan fingerprint density at radius 3 is 2.89 bits per heavy atom. The van der Waals surface area contributed by atoms with Gasteiger partial charge in [-0.2, -0.15) is 5.26 Å². The normalized spacial score (nSPS) is 20.7. The summed E-state index contributed by atoms with van der Waals surface area (Å²) in [7, 11) is -2.95. The fourth-order valence-electron chi connectivity index (χ4n) is 2.17. The fraction of sp³-hybridized carbons (Fsp3) is 0.385. The van der Waals surface area contributed by atoms with Gasteiger partial charge in [-0.3, -0.25) is 4.79 Å². The van der Waals surface area contributed by atoms with E-state index in [2.05, 4.69) is 5.32 Å². The van der Waals surface area contributed by atoms with Gasteiger partial charge in [0.25, 0.3) is 0 Å². The molecule has 1 atom stereocenters. The van der Waals surface area contributed by atoms with Crippen LogP contribution in [0, 0.1) is 17.2 Å². The number of sulfone groups is 1. The maximum Gasteiger partial charge on any atom is 0.224 e. The van der Waals surface area contributed by atoms with Gasteiger partial charge >= 0.3 is 0 Å². The molecule has 100 valence electrons. The Hall–Kier alpha value is -1.87. The van der Waals surface area contributed by atoms with Gasteiger partial charge in [0.2, 0.25) is 5.91 Å². The summed E-state index contributed by atoms with van der Waals surface area (Å²) in [6.45, 7) is 0. The topological polar surface area (TPSA) is 87.0 Å². The summed E-state index contributed by atoms with van der Waals surface area (Å²) in [5.74, 6) is -0.0330. The molecule has 1 aromatic rings. The molecule has 2 rings (SSSR count). The lowest BCUT2D eigenvalue weighted by atomic mass is 10.0. The first-order valence-electron chi connectivity index (χ1n) is 5.99. The van der Waals surface area contributed by atoms with Crippen LogP contribution in [0.5, 0.6) is 0 Å². The lowest BCUT2D eigenvalue weighted by Gasteiger charge is -2.08. The zero-order chi connectivity index (χ0) is 13.9. The van der Waals surface area contributed by atoms with Gasteiger partial charge in [0.15, 0.2) is 9.84 Å². The molecule has 0 spiro atoms. The lowest BCUT2D eigenvalue weighted by Crippen LogP contribution is -2.17. The molecule has 1 fully saturated rings. The van der Waals surface area contributed by atoms with E-state index in [1.54, 1.807) is 24.3 Å². The minimum atomic E-state index is -2.95. The second-order valence-corrected chi connectivity index (χ2v) is 6.94. The molecular formula is C13H14N2O3S. The first kappa shape index (κ1) is 13.6. The Balaban J connectivity index is 1.93. The minimum absolute atomic E-state index is 0.0934. The molecule has 0 aromatic heterocycles. The van der Waals surface area contributed by atoms with Gasteiger partial charge in [-0.25, -0.2) is 8.42 Å². The number of nitriles is 1. The molecule has 1 heterocycles. The second kappa shape index (κ2) is 5.41.